The zero-order valence-electron chi connectivity index (χ0n) is 12.5. The predicted molar refractivity (Wildman–Crippen MR) is 86.9 cm³/mol. The van der Waals surface area contributed by atoms with Gasteiger partial charge in [0.25, 0.3) is 0 Å². The average molecular weight is 291 g/mol. The number of nitrogens with one attached hydrogen (secondary N) is 1. The molecule has 0 saturated heterocycles. The SMILES string of the molecule is Cc1ccccc1CSCC(=O)NC1CCCCC1C. The molecule has 1 aliphatic carbocycles. The maximum absolute atomic E-state index is 12.0. The van der Waals surface area contributed by atoms with Crippen LogP contribution in [0.25, 0.3) is 0 Å². The van der Waals surface area contributed by atoms with Gasteiger partial charge in [-0.05, 0) is 36.8 Å². The molecule has 1 N–H and O–H groups in total. The fraction of sp³-hybridized carbons (Fsp3) is 0.588. The van der Waals surface area contributed by atoms with Crippen LogP contribution in [-0.4, -0.2) is 17.7 Å². The molecule has 1 fully saturated rings. The van der Waals surface area contributed by atoms with Crippen LogP contribution in [-0.2, 0) is 10.5 Å². The van der Waals surface area contributed by atoms with Crippen LogP contribution in [0.2, 0.25) is 0 Å². The van der Waals surface area contributed by atoms with Crippen LogP contribution in [0.15, 0.2) is 24.3 Å². The third kappa shape index (κ3) is 4.55. The first-order valence-corrected chi connectivity index (χ1v) is 8.74. The zero-order chi connectivity index (χ0) is 14.4. The molecule has 0 aromatic heterocycles. The van der Waals surface area contributed by atoms with Gasteiger partial charge in [-0.25, -0.2) is 0 Å². The Morgan fingerprint density at radius 2 is 2.05 bits per heavy atom. The third-order valence-corrected chi connectivity index (χ3v) is 5.19. The summed E-state index contributed by atoms with van der Waals surface area (Å²) in [6.07, 6.45) is 4.97. The smallest absolute Gasteiger partial charge is 0.230 e. The molecule has 1 aromatic rings. The lowest BCUT2D eigenvalue weighted by Crippen LogP contribution is -2.41. The number of carbonyl (C=O) groups excluding carboxylic acids is 1. The van der Waals surface area contributed by atoms with Gasteiger partial charge in [-0.3, -0.25) is 4.79 Å². The number of benzene rings is 1. The van der Waals surface area contributed by atoms with Gasteiger partial charge in [0, 0.05) is 11.8 Å². The van der Waals surface area contributed by atoms with E-state index in [9.17, 15) is 4.79 Å². The number of amides is 1. The summed E-state index contributed by atoms with van der Waals surface area (Å²) < 4.78 is 0. The van der Waals surface area contributed by atoms with Crippen LogP contribution in [0, 0.1) is 12.8 Å². The van der Waals surface area contributed by atoms with Crippen LogP contribution in [0.5, 0.6) is 0 Å². The van der Waals surface area contributed by atoms with Crippen LogP contribution in [0.3, 0.4) is 0 Å². The molecule has 1 aliphatic rings. The van der Waals surface area contributed by atoms with Crippen LogP contribution in [0.4, 0.5) is 0 Å². The number of thioether (sulfide) groups is 1. The number of rotatable bonds is 5. The van der Waals surface area contributed by atoms with Crippen molar-refractivity contribution in [1.29, 1.82) is 0 Å². The minimum absolute atomic E-state index is 0.197. The Morgan fingerprint density at radius 3 is 2.80 bits per heavy atom. The molecule has 20 heavy (non-hydrogen) atoms. The van der Waals surface area contributed by atoms with E-state index in [0.717, 1.165) is 12.2 Å². The lowest BCUT2D eigenvalue weighted by atomic mass is 9.86. The van der Waals surface area contributed by atoms with E-state index in [0.29, 0.717) is 17.7 Å². The summed E-state index contributed by atoms with van der Waals surface area (Å²) in [5.74, 6) is 2.31. The average Bonchev–Trinajstić information content (AvgIpc) is 2.43. The van der Waals surface area contributed by atoms with E-state index >= 15 is 0 Å². The Bertz CT molecular complexity index is 446. The van der Waals surface area contributed by atoms with Gasteiger partial charge in [0.05, 0.1) is 5.75 Å². The predicted octanol–water partition coefficient (Wildman–Crippen LogP) is 3.92. The summed E-state index contributed by atoms with van der Waals surface area (Å²) in [6.45, 7) is 4.38. The highest BCUT2D eigenvalue weighted by Gasteiger charge is 2.22. The van der Waals surface area contributed by atoms with Gasteiger partial charge in [-0.15, -0.1) is 11.8 Å². The molecule has 110 valence electrons. The minimum Gasteiger partial charge on any atom is -0.352 e. The Morgan fingerprint density at radius 1 is 1.30 bits per heavy atom. The maximum Gasteiger partial charge on any atom is 0.230 e. The molecule has 0 spiro atoms. The fourth-order valence-electron chi connectivity index (χ4n) is 2.80. The Balaban J connectivity index is 1.71. The number of hydrogen-bond donors (Lipinski definition) is 1. The molecule has 1 amide bonds. The van der Waals surface area contributed by atoms with E-state index in [1.54, 1.807) is 11.8 Å². The number of carbonyl (C=O) groups is 1. The quantitative estimate of drug-likeness (QED) is 0.891. The zero-order valence-corrected chi connectivity index (χ0v) is 13.3. The highest BCUT2D eigenvalue weighted by molar-refractivity contribution is 7.99. The molecule has 2 atom stereocenters. The van der Waals surface area contributed by atoms with E-state index < -0.39 is 0 Å². The van der Waals surface area contributed by atoms with Gasteiger partial charge in [0.15, 0.2) is 0 Å². The normalized spacial score (nSPS) is 22.5. The van der Waals surface area contributed by atoms with Crippen molar-refractivity contribution in [2.75, 3.05) is 5.75 Å². The topological polar surface area (TPSA) is 29.1 Å². The van der Waals surface area contributed by atoms with Gasteiger partial charge < -0.3 is 5.32 Å². The van der Waals surface area contributed by atoms with Crippen LogP contribution in [0.1, 0.15) is 43.7 Å². The molecule has 2 nitrogen and oxygen atoms in total. The largest absolute Gasteiger partial charge is 0.352 e. The molecule has 0 radical (unpaired) electrons. The second-order valence-electron chi connectivity index (χ2n) is 5.86. The van der Waals surface area contributed by atoms with Gasteiger partial charge in [-0.1, -0.05) is 44.0 Å². The number of aryl methyl sites for hydroxylation is 1. The molecule has 0 aliphatic heterocycles. The van der Waals surface area contributed by atoms with Gasteiger partial charge in [0.2, 0.25) is 5.91 Å². The molecular weight excluding hydrogens is 266 g/mol. The first-order valence-electron chi connectivity index (χ1n) is 7.58. The van der Waals surface area contributed by atoms with Crippen molar-refractivity contribution >= 4 is 17.7 Å². The van der Waals surface area contributed by atoms with Crippen LogP contribution >= 0.6 is 11.8 Å². The molecule has 2 rings (SSSR count). The summed E-state index contributed by atoms with van der Waals surface area (Å²) in [6, 6.07) is 8.78. The summed E-state index contributed by atoms with van der Waals surface area (Å²) in [7, 11) is 0. The van der Waals surface area contributed by atoms with E-state index in [1.165, 1.54) is 30.4 Å². The van der Waals surface area contributed by atoms with Crippen molar-refractivity contribution in [2.24, 2.45) is 5.92 Å². The Kier molecular flexibility index (Phi) is 5.96. The molecule has 2 unspecified atom stereocenters. The van der Waals surface area contributed by atoms with Crippen molar-refractivity contribution in [3.63, 3.8) is 0 Å². The van der Waals surface area contributed by atoms with Crippen molar-refractivity contribution in [3.8, 4) is 0 Å². The first kappa shape index (κ1) is 15.4. The Labute approximate surface area is 126 Å². The first-order chi connectivity index (χ1) is 9.66. The molecule has 3 heteroatoms. The monoisotopic (exact) mass is 291 g/mol. The van der Waals surface area contributed by atoms with Crippen molar-refractivity contribution in [2.45, 2.75) is 51.3 Å². The second kappa shape index (κ2) is 7.72. The van der Waals surface area contributed by atoms with Crippen molar-refractivity contribution < 1.29 is 4.79 Å². The van der Waals surface area contributed by atoms with Gasteiger partial charge >= 0.3 is 0 Å². The summed E-state index contributed by atoms with van der Waals surface area (Å²) >= 11 is 1.71. The molecule has 1 saturated carbocycles. The molecule has 1 aromatic carbocycles. The minimum atomic E-state index is 0.197. The summed E-state index contributed by atoms with van der Waals surface area (Å²) in [4.78, 5) is 12.0. The highest BCUT2D eigenvalue weighted by atomic mass is 32.2. The highest BCUT2D eigenvalue weighted by Crippen LogP contribution is 2.24. The molecular formula is C17H25NOS. The standard InChI is InChI=1S/C17H25NOS/c1-13-7-3-5-9-15(13)11-20-12-17(19)18-16-10-6-4-8-14(16)2/h3,5,7,9,14,16H,4,6,8,10-12H2,1-2H3,(H,18,19). The van der Waals surface area contributed by atoms with E-state index in [1.807, 2.05) is 0 Å². The molecule has 0 bridgehead atoms. The maximum atomic E-state index is 12.0. The van der Waals surface area contributed by atoms with Crippen molar-refractivity contribution in [3.05, 3.63) is 35.4 Å². The second-order valence-corrected chi connectivity index (χ2v) is 6.84. The molecule has 0 heterocycles. The third-order valence-electron chi connectivity index (χ3n) is 4.21. The summed E-state index contributed by atoms with van der Waals surface area (Å²) in [5.41, 5.74) is 2.64. The van der Waals surface area contributed by atoms with E-state index in [2.05, 4.69) is 43.4 Å². The lowest BCUT2D eigenvalue weighted by Gasteiger charge is -2.29. The van der Waals surface area contributed by atoms with E-state index in [4.69, 9.17) is 0 Å². The fourth-order valence-corrected chi connectivity index (χ4v) is 3.72. The van der Waals surface area contributed by atoms with E-state index in [-0.39, 0.29) is 5.91 Å². The Hall–Kier alpha value is -0.960. The van der Waals surface area contributed by atoms with Gasteiger partial charge in [0.1, 0.15) is 0 Å². The van der Waals surface area contributed by atoms with Crippen LogP contribution < -0.4 is 5.32 Å². The summed E-state index contributed by atoms with van der Waals surface area (Å²) in [5, 5.41) is 3.21. The van der Waals surface area contributed by atoms with Gasteiger partial charge in [-0.2, -0.15) is 0 Å². The van der Waals surface area contributed by atoms with Crippen molar-refractivity contribution in [1.82, 2.24) is 5.32 Å². The number of hydrogen-bond acceptors (Lipinski definition) is 2. The lowest BCUT2D eigenvalue weighted by molar-refractivity contribution is -0.119.